The molecule has 6 nitrogen and oxygen atoms in total. The molecular weight excluding hydrogens is 352 g/mol. The highest BCUT2D eigenvalue weighted by atomic mass is 16.3. The van der Waals surface area contributed by atoms with Crippen LogP contribution < -0.4 is 0 Å². The number of benzene rings is 1. The number of fused-ring (bicyclic) bond motifs is 2. The summed E-state index contributed by atoms with van der Waals surface area (Å²) >= 11 is 0. The molecule has 5 rings (SSSR count). The number of aliphatic hydroxyl groups excluding tert-OH is 1. The molecule has 6 heteroatoms. The molecule has 3 heterocycles. The number of amides is 1. The number of likely N-dealkylation sites (tertiary alicyclic amines) is 1. The summed E-state index contributed by atoms with van der Waals surface area (Å²) in [6.07, 6.45) is 5.11. The molecule has 28 heavy (non-hydrogen) atoms. The third kappa shape index (κ3) is 3.07. The first kappa shape index (κ1) is 17.4. The Kier molecular flexibility index (Phi) is 4.36. The summed E-state index contributed by atoms with van der Waals surface area (Å²) in [5, 5.41) is 10.8. The summed E-state index contributed by atoms with van der Waals surface area (Å²) in [4.78, 5) is 23.5. The minimum atomic E-state index is -0.412. The van der Waals surface area contributed by atoms with Gasteiger partial charge in [-0.3, -0.25) is 9.78 Å². The SMILES string of the molecule is O=C(Cc1ccccn1)N1C[C@H]2C[C@@H](n3cnc4ccccc43)[C@H](O)C[C@H]2C1. The molecule has 1 N–H and O–H groups in total. The largest absolute Gasteiger partial charge is 0.391 e. The molecule has 1 saturated carbocycles. The molecule has 144 valence electrons. The molecule has 0 spiro atoms. The second kappa shape index (κ2) is 7.02. The van der Waals surface area contributed by atoms with Crippen LogP contribution in [0.25, 0.3) is 11.0 Å². The van der Waals surface area contributed by atoms with Gasteiger partial charge in [-0.2, -0.15) is 0 Å². The summed E-state index contributed by atoms with van der Waals surface area (Å²) < 4.78 is 2.12. The van der Waals surface area contributed by atoms with Crippen LogP contribution in [0.2, 0.25) is 0 Å². The summed E-state index contributed by atoms with van der Waals surface area (Å²) in [5.74, 6) is 0.920. The number of hydrogen-bond acceptors (Lipinski definition) is 4. The number of rotatable bonds is 3. The Morgan fingerprint density at radius 2 is 1.82 bits per heavy atom. The van der Waals surface area contributed by atoms with E-state index in [1.165, 1.54) is 0 Å². The number of imidazole rings is 1. The zero-order valence-electron chi connectivity index (χ0n) is 15.7. The number of carbonyl (C=O) groups excluding carboxylic acids is 1. The van der Waals surface area contributed by atoms with Gasteiger partial charge in [0.15, 0.2) is 0 Å². The van der Waals surface area contributed by atoms with Gasteiger partial charge < -0.3 is 14.6 Å². The van der Waals surface area contributed by atoms with Crippen molar-refractivity contribution in [1.29, 1.82) is 0 Å². The van der Waals surface area contributed by atoms with Crippen molar-refractivity contribution in [1.82, 2.24) is 19.4 Å². The zero-order valence-corrected chi connectivity index (χ0v) is 15.7. The van der Waals surface area contributed by atoms with Gasteiger partial charge in [-0.25, -0.2) is 4.98 Å². The summed E-state index contributed by atoms with van der Waals surface area (Å²) in [5.41, 5.74) is 2.83. The Labute approximate surface area is 163 Å². The normalized spacial score (nSPS) is 27.1. The van der Waals surface area contributed by atoms with Crippen LogP contribution in [-0.4, -0.2) is 49.6 Å². The average molecular weight is 376 g/mol. The van der Waals surface area contributed by atoms with Gasteiger partial charge in [0.1, 0.15) is 0 Å². The van der Waals surface area contributed by atoms with Gasteiger partial charge in [0, 0.05) is 25.0 Å². The molecule has 2 aromatic heterocycles. The highest BCUT2D eigenvalue weighted by molar-refractivity contribution is 5.78. The van der Waals surface area contributed by atoms with Crippen LogP contribution in [0.3, 0.4) is 0 Å². The van der Waals surface area contributed by atoms with E-state index < -0.39 is 6.10 Å². The number of hydrogen-bond donors (Lipinski definition) is 1. The standard InChI is InChI=1S/C22H24N4O2/c27-21-10-16-13-25(22(28)11-17-5-3-4-8-23-17)12-15(16)9-20(21)26-14-24-18-6-1-2-7-19(18)26/h1-8,14-16,20-21,27H,9-13H2/t15-,16+,20-,21-/m1/s1. The minimum absolute atomic E-state index is 0.0134. The highest BCUT2D eigenvalue weighted by Gasteiger charge is 2.43. The maximum atomic E-state index is 12.7. The van der Waals surface area contributed by atoms with E-state index in [0.29, 0.717) is 18.3 Å². The fraction of sp³-hybridized carbons (Fsp3) is 0.409. The van der Waals surface area contributed by atoms with Crippen LogP contribution in [0.1, 0.15) is 24.6 Å². The van der Waals surface area contributed by atoms with Crippen molar-refractivity contribution in [3.8, 4) is 0 Å². The molecule has 1 aliphatic carbocycles. The Morgan fingerprint density at radius 3 is 2.64 bits per heavy atom. The first-order valence-electron chi connectivity index (χ1n) is 9.96. The van der Waals surface area contributed by atoms with E-state index in [1.54, 1.807) is 6.20 Å². The predicted molar refractivity (Wildman–Crippen MR) is 106 cm³/mol. The lowest BCUT2D eigenvalue weighted by Crippen LogP contribution is -2.36. The third-order valence-corrected chi connectivity index (χ3v) is 6.36. The molecular formula is C22H24N4O2. The van der Waals surface area contributed by atoms with Crippen LogP contribution in [0, 0.1) is 11.8 Å². The molecule has 3 aromatic rings. The van der Waals surface area contributed by atoms with Crippen LogP contribution in [0.4, 0.5) is 0 Å². The van der Waals surface area contributed by atoms with Gasteiger partial charge in [0.05, 0.1) is 35.9 Å². The summed E-state index contributed by atoms with van der Waals surface area (Å²) in [6.45, 7) is 1.51. The Morgan fingerprint density at radius 1 is 1.04 bits per heavy atom. The average Bonchev–Trinajstić information content (AvgIpc) is 3.32. The molecule has 1 aliphatic heterocycles. The van der Waals surface area contributed by atoms with Crippen molar-refractivity contribution in [2.75, 3.05) is 13.1 Å². The van der Waals surface area contributed by atoms with E-state index in [1.807, 2.05) is 47.6 Å². The molecule has 0 unspecified atom stereocenters. The topological polar surface area (TPSA) is 71.2 Å². The van der Waals surface area contributed by atoms with Crippen molar-refractivity contribution in [2.45, 2.75) is 31.4 Å². The van der Waals surface area contributed by atoms with Crippen molar-refractivity contribution in [3.63, 3.8) is 0 Å². The van der Waals surface area contributed by atoms with Crippen molar-refractivity contribution >= 4 is 16.9 Å². The third-order valence-electron chi connectivity index (χ3n) is 6.36. The fourth-order valence-electron chi connectivity index (χ4n) is 4.92. The lowest BCUT2D eigenvalue weighted by molar-refractivity contribution is -0.129. The van der Waals surface area contributed by atoms with E-state index >= 15 is 0 Å². The number of aromatic nitrogens is 3. The molecule has 2 fully saturated rings. The van der Waals surface area contributed by atoms with E-state index in [9.17, 15) is 9.90 Å². The first-order chi connectivity index (χ1) is 13.7. The number of aliphatic hydroxyl groups is 1. The Hall–Kier alpha value is -2.73. The van der Waals surface area contributed by atoms with Crippen molar-refractivity contribution in [2.24, 2.45) is 11.8 Å². The number of para-hydroxylation sites is 2. The van der Waals surface area contributed by atoms with Crippen molar-refractivity contribution < 1.29 is 9.90 Å². The lowest BCUT2D eigenvalue weighted by atomic mass is 9.77. The molecule has 1 amide bonds. The molecule has 1 saturated heterocycles. The van der Waals surface area contributed by atoms with E-state index in [0.717, 1.165) is 42.7 Å². The molecule has 2 aliphatic rings. The van der Waals surface area contributed by atoms with Gasteiger partial charge in [-0.15, -0.1) is 0 Å². The number of carbonyl (C=O) groups is 1. The van der Waals surface area contributed by atoms with E-state index in [-0.39, 0.29) is 11.9 Å². The summed E-state index contributed by atoms with van der Waals surface area (Å²) in [6, 6.07) is 13.7. The predicted octanol–water partition coefficient (Wildman–Crippen LogP) is 2.44. The van der Waals surface area contributed by atoms with E-state index in [4.69, 9.17) is 0 Å². The summed E-state index contributed by atoms with van der Waals surface area (Å²) in [7, 11) is 0. The fourth-order valence-corrected chi connectivity index (χ4v) is 4.92. The minimum Gasteiger partial charge on any atom is -0.391 e. The second-order valence-electron chi connectivity index (χ2n) is 8.06. The highest BCUT2D eigenvalue weighted by Crippen LogP contribution is 2.42. The molecule has 0 bridgehead atoms. The van der Waals surface area contributed by atoms with Crippen LogP contribution >= 0.6 is 0 Å². The van der Waals surface area contributed by atoms with Crippen LogP contribution in [0.5, 0.6) is 0 Å². The Bertz CT molecular complexity index is 986. The second-order valence-corrected chi connectivity index (χ2v) is 8.06. The maximum Gasteiger partial charge on any atom is 0.228 e. The van der Waals surface area contributed by atoms with Crippen LogP contribution in [0.15, 0.2) is 55.0 Å². The molecule has 1 aromatic carbocycles. The van der Waals surface area contributed by atoms with E-state index in [2.05, 4.69) is 20.6 Å². The van der Waals surface area contributed by atoms with Gasteiger partial charge in [-0.05, 0) is 48.9 Å². The Balaban J connectivity index is 1.31. The van der Waals surface area contributed by atoms with Gasteiger partial charge in [0.2, 0.25) is 5.91 Å². The zero-order chi connectivity index (χ0) is 19.1. The molecule has 4 atom stereocenters. The quantitative estimate of drug-likeness (QED) is 0.762. The number of pyridine rings is 1. The lowest BCUT2D eigenvalue weighted by Gasteiger charge is -2.36. The first-order valence-corrected chi connectivity index (χ1v) is 9.96. The van der Waals surface area contributed by atoms with Gasteiger partial charge in [0.25, 0.3) is 0 Å². The monoisotopic (exact) mass is 376 g/mol. The van der Waals surface area contributed by atoms with Gasteiger partial charge in [-0.1, -0.05) is 18.2 Å². The smallest absolute Gasteiger partial charge is 0.228 e. The molecule has 0 radical (unpaired) electrons. The van der Waals surface area contributed by atoms with Gasteiger partial charge >= 0.3 is 0 Å². The van der Waals surface area contributed by atoms with Crippen molar-refractivity contribution in [3.05, 3.63) is 60.7 Å². The maximum absolute atomic E-state index is 12.7. The number of nitrogens with zero attached hydrogens (tertiary/aromatic N) is 4. The van der Waals surface area contributed by atoms with Crippen LogP contribution in [-0.2, 0) is 11.2 Å².